The van der Waals surface area contributed by atoms with E-state index in [1.54, 1.807) is 24.3 Å². The zero-order valence-electron chi connectivity index (χ0n) is 13.9. The quantitative estimate of drug-likeness (QED) is 0.702. The third kappa shape index (κ3) is 2.73. The molecule has 1 amide bonds. The van der Waals surface area contributed by atoms with Crippen molar-refractivity contribution in [1.29, 1.82) is 0 Å². The number of rotatable bonds is 3. The van der Waals surface area contributed by atoms with Crippen molar-refractivity contribution in [1.82, 2.24) is 10.3 Å². The molecular weight excluding hydrogens is 350 g/mol. The van der Waals surface area contributed by atoms with Crippen molar-refractivity contribution in [2.75, 3.05) is 0 Å². The Kier molecular flexibility index (Phi) is 3.92. The molecule has 0 saturated carbocycles. The number of halogens is 2. The molecule has 5 nitrogen and oxygen atoms in total. The van der Waals surface area contributed by atoms with E-state index in [1.165, 1.54) is 30.5 Å². The number of carbonyl (C=O) groups excluding carboxylic acids is 1. The molecule has 0 aliphatic carbocycles. The number of aliphatic imine (C=N–C) groups is 1. The monoisotopic (exact) mass is 363 g/mol. The first-order chi connectivity index (χ1) is 13.0. The number of carbonyl (C=O) groups is 1. The summed E-state index contributed by atoms with van der Waals surface area (Å²) in [4.78, 5) is 20.7. The number of hydrogen-bond donors (Lipinski definition) is 2. The number of benzene rings is 2. The molecule has 1 aromatic heterocycles. The van der Waals surface area contributed by atoms with Crippen molar-refractivity contribution in [3.63, 3.8) is 0 Å². The molecule has 1 aliphatic heterocycles. The second-order valence-electron chi connectivity index (χ2n) is 6.01. The molecule has 0 spiro atoms. The van der Waals surface area contributed by atoms with Gasteiger partial charge >= 0.3 is 0 Å². The molecule has 1 unspecified atom stereocenters. The lowest BCUT2D eigenvalue weighted by Gasteiger charge is -2.25. The Morgan fingerprint density at radius 2 is 1.81 bits per heavy atom. The zero-order valence-corrected chi connectivity index (χ0v) is 13.9. The fraction of sp³-hybridized carbons (Fsp3) is 0.0500. The van der Waals surface area contributed by atoms with E-state index < -0.39 is 23.2 Å². The fourth-order valence-corrected chi connectivity index (χ4v) is 3.16. The van der Waals surface area contributed by atoms with Crippen LogP contribution >= 0.6 is 0 Å². The molecule has 1 atom stereocenters. The molecular formula is C20H13F2N4O. The molecule has 27 heavy (non-hydrogen) atoms. The van der Waals surface area contributed by atoms with Crippen LogP contribution in [0.15, 0.2) is 65.8 Å². The molecule has 0 fully saturated rings. The number of aromatic nitrogens is 1. The molecule has 7 heteroatoms. The minimum absolute atomic E-state index is 0.0258. The van der Waals surface area contributed by atoms with Crippen molar-refractivity contribution < 1.29 is 13.6 Å². The van der Waals surface area contributed by atoms with Gasteiger partial charge in [-0.3, -0.25) is 10.1 Å². The molecule has 3 N–H and O–H groups in total. The van der Waals surface area contributed by atoms with Crippen LogP contribution in [0.4, 0.5) is 8.78 Å². The van der Waals surface area contributed by atoms with E-state index in [4.69, 9.17) is 5.73 Å². The van der Waals surface area contributed by atoms with Crippen molar-refractivity contribution in [3.8, 4) is 11.1 Å². The van der Waals surface area contributed by atoms with Gasteiger partial charge in [0.05, 0.1) is 0 Å². The summed E-state index contributed by atoms with van der Waals surface area (Å²) < 4.78 is 27.6. The van der Waals surface area contributed by atoms with Gasteiger partial charge in [-0.1, -0.05) is 30.3 Å². The Bertz CT molecular complexity index is 1050. The van der Waals surface area contributed by atoms with E-state index >= 15 is 0 Å². The first-order valence-corrected chi connectivity index (χ1v) is 8.06. The van der Waals surface area contributed by atoms with Crippen LogP contribution in [0.1, 0.15) is 11.1 Å². The molecule has 3 aromatic rings. The van der Waals surface area contributed by atoms with Crippen LogP contribution in [-0.4, -0.2) is 16.9 Å². The Labute approximate surface area is 153 Å². The van der Waals surface area contributed by atoms with Crippen LogP contribution in [0, 0.1) is 17.8 Å². The van der Waals surface area contributed by atoms with Gasteiger partial charge in [0.1, 0.15) is 5.82 Å². The van der Waals surface area contributed by atoms with Gasteiger partial charge in [0, 0.05) is 17.3 Å². The highest BCUT2D eigenvalue weighted by molar-refractivity contribution is 6.09. The van der Waals surface area contributed by atoms with Gasteiger partial charge in [0.15, 0.2) is 11.5 Å². The summed E-state index contributed by atoms with van der Waals surface area (Å²) in [5.41, 5.74) is 5.85. The van der Waals surface area contributed by atoms with Gasteiger partial charge in [-0.2, -0.15) is 4.39 Å². The minimum atomic E-state index is -1.45. The Hall–Kier alpha value is -3.61. The summed E-state index contributed by atoms with van der Waals surface area (Å²) in [6.45, 7) is 0. The van der Waals surface area contributed by atoms with Crippen LogP contribution in [0.3, 0.4) is 0 Å². The van der Waals surface area contributed by atoms with Crippen LogP contribution in [0.5, 0.6) is 0 Å². The highest BCUT2D eigenvalue weighted by Crippen LogP contribution is 2.38. The highest BCUT2D eigenvalue weighted by atomic mass is 19.1. The van der Waals surface area contributed by atoms with Gasteiger partial charge in [-0.05, 0) is 41.5 Å². The van der Waals surface area contributed by atoms with E-state index in [-0.39, 0.29) is 11.5 Å². The highest BCUT2D eigenvalue weighted by Gasteiger charge is 2.46. The van der Waals surface area contributed by atoms with Crippen molar-refractivity contribution in [2.45, 2.75) is 5.54 Å². The fourth-order valence-electron chi connectivity index (χ4n) is 3.16. The zero-order chi connectivity index (χ0) is 19.0. The van der Waals surface area contributed by atoms with E-state index in [0.29, 0.717) is 16.7 Å². The lowest BCUT2D eigenvalue weighted by atomic mass is 9.82. The summed E-state index contributed by atoms with van der Waals surface area (Å²) in [5.74, 6) is -1.66. The average Bonchev–Trinajstić information content (AvgIpc) is 2.98. The molecule has 0 saturated heterocycles. The molecule has 133 valence electrons. The van der Waals surface area contributed by atoms with Crippen LogP contribution in [0.25, 0.3) is 11.1 Å². The van der Waals surface area contributed by atoms with Crippen molar-refractivity contribution >= 4 is 11.9 Å². The first-order valence-electron chi connectivity index (χ1n) is 8.06. The maximum absolute atomic E-state index is 14.5. The summed E-state index contributed by atoms with van der Waals surface area (Å²) >= 11 is 0. The van der Waals surface area contributed by atoms with Crippen LogP contribution in [-0.2, 0) is 10.3 Å². The van der Waals surface area contributed by atoms with E-state index in [2.05, 4.69) is 21.4 Å². The third-order valence-corrected chi connectivity index (χ3v) is 4.42. The predicted molar refractivity (Wildman–Crippen MR) is 95.4 cm³/mol. The van der Waals surface area contributed by atoms with Gasteiger partial charge in [-0.15, -0.1) is 0 Å². The molecule has 0 bridgehead atoms. The Morgan fingerprint density at radius 1 is 1.04 bits per heavy atom. The lowest BCUT2D eigenvalue weighted by molar-refractivity contribution is -0.122. The van der Waals surface area contributed by atoms with Crippen molar-refractivity contribution in [3.05, 3.63) is 89.8 Å². The van der Waals surface area contributed by atoms with Gasteiger partial charge in [0.25, 0.3) is 5.91 Å². The minimum Gasteiger partial charge on any atom is -0.370 e. The van der Waals surface area contributed by atoms with Crippen LogP contribution < -0.4 is 11.1 Å². The molecule has 2 heterocycles. The number of amides is 1. The van der Waals surface area contributed by atoms with Gasteiger partial charge in [-0.25, -0.2) is 14.4 Å². The molecule has 1 aliphatic rings. The van der Waals surface area contributed by atoms with Gasteiger partial charge < -0.3 is 5.73 Å². The number of guanidine groups is 1. The van der Waals surface area contributed by atoms with E-state index in [9.17, 15) is 13.6 Å². The van der Waals surface area contributed by atoms with Crippen molar-refractivity contribution in [2.24, 2.45) is 10.7 Å². The summed E-state index contributed by atoms with van der Waals surface area (Å²) in [6.07, 6.45) is 1.23. The van der Waals surface area contributed by atoms with E-state index in [1.807, 2.05) is 0 Å². The second kappa shape index (κ2) is 6.28. The number of nitrogens with one attached hydrogen (secondary N) is 1. The van der Waals surface area contributed by atoms with E-state index in [0.717, 1.165) is 6.07 Å². The first kappa shape index (κ1) is 16.8. The molecule has 1 radical (unpaired) electrons. The lowest BCUT2D eigenvalue weighted by Crippen LogP contribution is -2.39. The topological polar surface area (TPSA) is 80.4 Å². The largest absolute Gasteiger partial charge is 0.370 e. The second-order valence-corrected chi connectivity index (χ2v) is 6.01. The summed E-state index contributed by atoms with van der Waals surface area (Å²) in [7, 11) is 0. The SMILES string of the molecule is NC1=NC(c2cc[c]cc2)(c2ccc(F)c(-c3ccc(F)nc3)c2)C(=O)N1. The summed E-state index contributed by atoms with van der Waals surface area (Å²) in [6, 6.07) is 16.4. The normalized spacial score (nSPS) is 18.9. The predicted octanol–water partition coefficient (Wildman–Crippen LogP) is 2.52. The number of nitrogens with two attached hydrogens (primary N) is 1. The average molecular weight is 363 g/mol. The smallest absolute Gasteiger partial charge is 0.263 e. The third-order valence-electron chi connectivity index (χ3n) is 4.42. The number of pyridine rings is 1. The summed E-state index contributed by atoms with van der Waals surface area (Å²) in [5, 5.41) is 2.51. The Morgan fingerprint density at radius 3 is 2.44 bits per heavy atom. The number of nitrogens with zero attached hydrogens (tertiary/aromatic N) is 2. The van der Waals surface area contributed by atoms with Crippen LogP contribution in [0.2, 0.25) is 0 Å². The Balaban J connectivity index is 1.94. The maximum Gasteiger partial charge on any atom is 0.263 e. The van der Waals surface area contributed by atoms with Gasteiger partial charge in [0.2, 0.25) is 5.95 Å². The standard InChI is InChI=1S/C20H13F2N4O/c21-16-8-7-14(10-15(16)12-6-9-17(22)24-11-12)20(13-4-2-1-3-5-13)18(27)25-19(23)26-20/h2-11H,(H3,23,25,26,27). The molecule has 4 rings (SSSR count). The number of hydrogen-bond acceptors (Lipinski definition) is 4. The maximum atomic E-state index is 14.5. The molecule has 2 aromatic carbocycles.